The first kappa shape index (κ1) is 10.8. The molecule has 0 aliphatic heterocycles. The van der Waals surface area contributed by atoms with Crippen molar-refractivity contribution in [2.45, 2.75) is 0 Å². The van der Waals surface area contributed by atoms with Crippen LogP contribution < -0.4 is 10.7 Å². The quantitative estimate of drug-likeness (QED) is 0.584. The lowest BCUT2D eigenvalue weighted by atomic mass is 10.4. The lowest BCUT2D eigenvalue weighted by molar-refractivity contribution is 0.257. The van der Waals surface area contributed by atoms with Gasteiger partial charge < -0.3 is 15.9 Å². The molecule has 7 heteroatoms. The van der Waals surface area contributed by atoms with Gasteiger partial charge in [0.2, 0.25) is 0 Å². The molecule has 0 aliphatic carbocycles. The first-order valence-electron chi connectivity index (χ1n) is 5.05. The van der Waals surface area contributed by atoms with Crippen molar-refractivity contribution in [2.24, 2.45) is 0 Å². The molecule has 0 aliphatic rings. The van der Waals surface area contributed by atoms with Crippen molar-refractivity contribution in [3.8, 4) is 0 Å². The highest BCUT2D eigenvalue weighted by atomic mass is 16.3. The van der Waals surface area contributed by atoms with E-state index in [0.717, 1.165) is 5.52 Å². The molecule has 7 nitrogen and oxygen atoms in total. The molecule has 0 saturated carbocycles. The van der Waals surface area contributed by atoms with Crippen molar-refractivity contribution in [1.29, 1.82) is 0 Å². The zero-order valence-electron chi connectivity index (χ0n) is 8.82. The van der Waals surface area contributed by atoms with Crippen LogP contribution in [0.1, 0.15) is 0 Å². The van der Waals surface area contributed by atoms with Crippen LogP contribution >= 0.6 is 0 Å². The van der Waals surface area contributed by atoms with E-state index in [2.05, 4.69) is 5.10 Å². The highest BCUT2D eigenvalue weighted by Gasteiger charge is 2.10. The molecule has 0 unspecified atom stereocenters. The molecule has 0 aromatic carbocycles. The van der Waals surface area contributed by atoms with Crippen LogP contribution in [0.4, 0.5) is 5.69 Å². The average molecular weight is 225 g/mol. The standard InChI is InChI=1S/C9H15N5O2/c10-8-7-11-14-9(8)1-2-13(14)12(3-5-15)4-6-16/h1-2,7,15-16H,3-6,10H2. The maximum atomic E-state index is 8.95. The van der Waals surface area contributed by atoms with Crippen molar-refractivity contribution >= 4 is 11.2 Å². The predicted octanol–water partition coefficient (Wildman–Crippen LogP) is -1.36. The molecular formula is C9H15N5O2. The number of fused-ring (bicyclic) bond motifs is 1. The Morgan fingerprint density at radius 1 is 1.31 bits per heavy atom. The maximum Gasteiger partial charge on any atom is 0.112 e. The number of nitrogens with zero attached hydrogens (tertiary/aromatic N) is 4. The van der Waals surface area contributed by atoms with Gasteiger partial charge in [-0.1, -0.05) is 0 Å². The Morgan fingerprint density at radius 3 is 2.62 bits per heavy atom. The van der Waals surface area contributed by atoms with E-state index >= 15 is 0 Å². The summed E-state index contributed by atoms with van der Waals surface area (Å²) in [6.45, 7) is 0.862. The van der Waals surface area contributed by atoms with E-state index in [1.54, 1.807) is 26.8 Å². The molecule has 0 saturated heterocycles. The average Bonchev–Trinajstić information content (AvgIpc) is 2.82. The number of nitrogens with two attached hydrogens (primary N) is 1. The minimum Gasteiger partial charge on any atom is -0.396 e. The van der Waals surface area contributed by atoms with E-state index in [0.29, 0.717) is 18.8 Å². The SMILES string of the molecule is Nc1cnn2c1ccn2N(CCO)CCO. The highest BCUT2D eigenvalue weighted by molar-refractivity contribution is 5.67. The number of hydrogen-bond donors (Lipinski definition) is 3. The van der Waals surface area contributed by atoms with Gasteiger partial charge in [-0.15, -0.1) is 0 Å². The molecule has 0 fully saturated rings. The topological polar surface area (TPSA) is 92.0 Å². The predicted molar refractivity (Wildman–Crippen MR) is 59.7 cm³/mol. The van der Waals surface area contributed by atoms with Gasteiger partial charge in [-0.3, -0.25) is 5.01 Å². The fourth-order valence-electron chi connectivity index (χ4n) is 1.65. The Kier molecular flexibility index (Phi) is 2.97. The minimum atomic E-state index is 0.0103. The van der Waals surface area contributed by atoms with Gasteiger partial charge in [0.15, 0.2) is 0 Å². The van der Waals surface area contributed by atoms with Crippen molar-refractivity contribution in [3.63, 3.8) is 0 Å². The van der Waals surface area contributed by atoms with E-state index in [1.165, 1.54) is 0 Å². The summed E-state index contributed by atoms with van der Waals surface area (Å²) < 4.78 is 1.63. The van der Waals surface area contributed by atoms with Crippen LogP contribution in [-0.4, -0.2) is 51.0 Å². The number of aliphatic hydroxyl groups excluding tert-OH is 2. The zero-order valence-corrected chi connectivity index (χ0v) is 8.82. The van der Waals surface area contributed by atoms with E-state index in [1.807, 2.05) is 6.07 Å². The highest BCUT2D eigenvalue weighted by Crippen LogP contribution is 2.12. The molecule has 0 bridgehead atoms. The molecule has 2 rings (SSSR count). The molecule has 4 N–H and O–H groups in total. The molecule has 2 aromatic heterocycles. The van der Waals surface area contributed by atoms with Gasteiger partial charge in [0.05, 0.1) is 38.2 Å². The van der Waals surface area contributed by atoms with Crippen molar-refractivity contribution in [1.82, 2.24) is 14.5 Å². The van der Waals surface area contributed by atoms with Gasteiger partial charge in [0.25, 0.3) is 0 Å². The zero-order chi connectivity index (χ0) is 11.5. The van der Waals surface area contributed by atoms with Crippen molar-refractivity contribution < 1.29 is 10.2 Å². The summed E-state index contributed by atoms with van der Waals surface area (Å²) >= 11 is 0. The smallest absolute Gasteiger partial charge is 0.112 e. The number of nitrogen functional groups attached to an aromatic ring is 1. The summed E-state index contributed by atoms with van der Waals surface area (Å²) in [4.78, 5) is 1.72. The van der Waals surface area contributed by atoms with Crippen LogP contribution in [0.3, 0.4) is 0 Å². The third-order valence-corrected chi connectivity index (χ3v) is 2.38. The molecule has 88 valence electrons. The van der Waals surface area contributed by atoms with Crippen molar-refractivity contribution in [3.05, 3.63) is 18.5 Å². The Balaban J connectivity index is 2.35. The van der Waals surface area contributed by atoms with Gasteiger partial charge in [-0.2, -0.15) is 14.5 Å². The van der Waals surface area contributed by atoms with Crippen LogP contribution in [0.5, 0.6) is 0 Å². The normalized spacial score (nSPS) is 11.1. The monoisotopic (exact) mass is 225 g/mol. The van der Waals surface area contributed by atoms with Gasteiger partial charge in [0.1, 0.15) is 5.52 Å². The second-order valence-corrected chi connectivity index (χ2v) is 3.41. The van der Waals surface area contributed by atoms with E-state index in [9.17, 15) is 0 Å². The summed E-state index contributed by atoms with van der Waals surface area (Å²) in [6.07, 6.45) is 3.37. The molecule has 0 spiro atoms. The second kappa shape index (κ2) is 4.42. The van der Waals surface area contributed by atoms with Crippen LogP contribution in [-0.2, 0) is 0 Å². The Morgan fingerprint density at radius 2 is 2.00 bits per heavy atom. The first-order chi connectivity index (χ1) is 7.77. The summed E-state index contributed by atoms with van der Waals surface area (Å²) in [5.41, 5.74) is 7.13. The van der Waals surface area contributed by atoms with Gasteiger partial charge >= 0.3 is 0 Å². The molecule has 16 heavy (non-hydrogen) atoms. The number of anilines is 1. The largest absolute Gasteiger partial charge is 0.396 e. The molecule has 2 aromatic rings. The summed E-state index contributed by atoms with van der Waals surface area (Å²) in [5, 5.41) is 23.8. The Bertz CT molecular complexity index is 457. The van der Waals surface area contributed by atoms with Crippen LogP contribution in [0.15, 0.2) is 18.5 Å². The summed E-state index contributed by atoms with van der Waals surface area (Å²) in [7, 11) is 0. The molecule has 0 amide bonds. The van der Waals surface area contributed by atoms with Gasteiger partial charge in [-0.25, -0.2) is 0 Å². The van der Waals surface area contributed by atoms with Crippen molar-refractivity contribution in [2.75, 3.05) is 37.0 Å². The number of hydrogen-bond acceptors (Lipinski definition) is 5. The minimum absolute atomic E-state index is 0.0103. The molecule has 2 heterocycles. The molecule has 0 radical (unpaired) electrons. The lowest BCUT2D eigenvalue weighted by Crippen LogP contribution is -2.41. The number of aromatic nitrogens is 3. The summed E-state index contributed by atoms with van der Waals surface area (Å²) in [6, 6.07) is 1.84. The lowest BCUT2D eigenvalue weighted by Gasteiger charge is -2.23. The first-order valence-corrected chi connectivity index (χ1v) is 5.05. The maximum absolute atomic E-state index is 8.95. The van der Waals surface area contributed by atoms with E-state index in [-0.39, 0.29) is 13.2 Å². The third kappa shape index (κ3) is 1.70. The third-order valence-electron chi connectivity index (χ3n) is 2.38. The second-order valence-electron chi connectivity index (χ2n) is 3.41. The van der Waals surface area contributed by atoms with Crippen LogP contribution in [0.25, 0.3) is 5.52 Å². The Labute approximate surface area is 92.2 Å². The molecule has 0 atom stereocenters. The van der Waals surface area contributed by atoms with Gasteiger partial charge in [-0.05, 0) is 6.07 Å². The van der Waals surface area contributed by atoms with E-state index < -0.39 is 0 Å². The van der Waals surface area contributed by atoms with Crippen LogP contribution in [0.2, 0.25) is 0 Å². The van der Waals surface area contributed by atoms with Crippen LogP contribution in [0, 0.1) is 0 Å². The fourth-order valence-corrected chi connectivity index (χ4v) is 1.65. The van der Waals surface area contributed by atoms with Gasteiger partial charge in [0, 0.05) is 6.20 Å². The number of aliphatic hydroxyl groups is 2. The molecular weight excluding hydrogens is 210 g/mol. The van der Waals surface area contributed by atoms with E-state index in [4.69, 9.17) is 15.9 Å². The summed E-state index contributed by atoms with van der Waals surface area (Å²) in [5.74, 6) is 0. The Hall–Kier alpha value is -1.73. The fraction of sp³-hybridized carbons (Fsp3) is 0.444. The number of rotatable bonds is 5.